The average molecular weight is 291 g/mol. The van der Waals surface area contributed by atoms with Gasteiger partial charge in [-0.3, -0.25) is 4.79 Å². The van der Waals surface area contributed by atoms with Crippen molar-refractivity contribution in [2.45, 2.75) is 6.61 Å². The standard InChI is InChI=1S/C19H17NO2/c21-19(22-14-15-7-2-1-3-8-15)13-20-18-12-6-10-16-9-4-5-11-17(16)18/h1-12,20H,13-14H2. The molecule has 0 aliphatic rings. The van der Waals surface area contributed by atoms with Gasteiger partial charge in [0.25, 0.3) is 0 Å². The van der Waals surface area contributed by atoms with Crippen LogP contribution in [0.3, 0.4) is 0 Å². The molecule has 110 valence electrons. The third kappa shape index (κ3) is 3.44. The molecule has 0 radical (unpaired) electrons. The summed E-state index contributed by atoms with van der Waals surface area (Å²) in [4.78, 5) is 11.8. The Morgan fingerprint density at radius 1 is 0.864 bits per heavy atom. The highest BCUT2D eigenvalue weighted by Crippen LogP contribution is 2.22. The number of carbonyl (C=O) groups excluding carboxylic acids is 1. The van der Waals surface area contributed by atoms with Gasteiger partial charge in [0.05, 0.1) is 0 Å². The maximum Gasteiger partial charge on any atom is 0.325 e. The lowest BCUT2D eigenvalue weighted by molar-refractivity contribution is -0.142. The second-order valence-corrected chi connectivity index (χ2v) is 5.03. The Bertz CT molecular complexity index is 763. The van der Waals surface area contributed by atoms with Gasteiger partial charge in [-0.05, 0) is 17.0 Å². The maximum absolute atomic E-state index is 11.8. The second-order valence-electron chi connectivity index (χ2n) is 5.03. The summed E-state index contributed by atoms with van der Waals surface area (Å²) in [6, 6.07) is 23.7. The molecular formula is C19H17NO2. The summed E-state index contributed by atoms with van der Waals surface area (Å²) in [5, 5.41) is 5.39. The first-order valence-electron chi connectivity index (χ1n) is 7.24. The molecule has 0 saturated heterocycles. The number of rotatable bonds is 5. The fourth-order valence-corrected chi connectivity index (χ4v) is 2.34. The first kappa shape index (κ1) is 14.1. The van der Waals surface area contributed by atoms with Crippen LogP contribution in [0.25, 0.3) is 10.8 Å². The van der Waals surface area contributed by atoms with Crippen LogP contribution in [0, 0.1) is 0 Å². The zero-order valence-corrected chi connectivity index (χ0v) is 12.2. The lowest BCUT2D eigenvalue weighted by Gasteiger charge is -2.10. The molecule has 3 aromatic carbocycles. The minimum Gasteiger partial charge on any atom is -0.460 e. The normalized spacial score (nSPS) is 10.4. The van der Waals surface area contributed by atoms with Crippen molar-refractivity contribution in [3.05, 3.63) is 78.4 Å². The van der Waals surface area contributed by atoms with Crippen LogP contribution in [0.2, 0.25) is 0 Å². The molecule has 0 saturated carbocycles. The topological polar surface area (TPSA) is 38.3 Å². The van der Waals surface area contributed by atoms with Gasteiger partial charge in [0.1, 0.15) is 13.2 Å². The molecular weight excluding hydrogens is 274 g/mol. The van der Waals surface area contributed by atoms with Crippen molar-refractivity contribution in [2.75, 3.05) is 11.9 Å². The van der Waals surface area contributed by atoms with E-state index in [1.165, 1.54) is 0 Å². The third-order valence-corrected chi connectivity index (χ3v) is 3.46. The number of carbonyl (C=O) groups is 1. The van der Waals surface area contributed by atoms with E-state index in [9.17, 15) is 4.79 Å². The van der Waals surface area contributed by atoms with E-state index in [-0.39, 0.29) is 12.5 Å². The van der Waals surface area contributed by atoms with Gasteiger partial charge in [-0.2, -0.15) is 0 Å². The predicted octanol–water partition coefficient (Wildman–Crippen LogP) is 4.00. The Kier molecular flexibility index (Phi) is 4.35. The Balaban J connectivity index is 1.58. The van der Waals surface area contributed by atoms with Crippen LogP contribution in [-0.4, -0.2) is 12.5 Å². The lowest BCUT2D eigenvalue weighted by atomic mass is 10.1. The number of esters is 1. The van der Waals surface area contributed by atoms with Gasteiger partial charge >= 0.3 is 5.97 Å². The molecule has 0 atom stereocenters. The molecule has 3 aromatic rings. The van der Waals surface area contributed by atoms with Gasteiger partial charge < -0.3 is 10.1 Å². The van der Waals surface area contributed by atoms with E-state index in [1.54, 1.807) is 0 Å². The van der Waals surface area contributed by atoms with Gasteiger partial charge in [-0.1, -0.05) is 66.7 Å². The first-order chi connectivity index (χ1) is 10.8. The van der Waals surface area contributed by atoms with Crippen molar-refractivity contribution in [3.8, 4) is 0 Å². The van der Waals surface area contributed by atoms with Crippen molar-refractivity contribution in [1.82, 2.24) is 0 Å². The summed E-state index contributed by atoms with van der Waals surface area (Å²) in [6.07, 6.45) is 0. The van der Waals surface area contributed by atoms with Crippen LogP contribution in [0.4, 0.5) is 5.69 Å². The summed E-state index contributed by atoms with van der Waals surface area (Å²) >= 11 is 0. The smallest absolute Gasteiger partial charge is 0.325 e. The van der Waals surface area contributed by atoms with Crippen molar-refractivity contribution in [2.24, 2.45) is 0 Å². The van der Waals surface area contributed by atoms with Crippen LogP contribution in [0.5, 0.6) is 0 Å². The van der Waals surface area contributed by atoms with Crippen LogP contribution in [-0.2, 0) is 16.1 Å². The first-order valence-corrected chi connectivity index (χ1v) is 7.24. The Morgan fingerprint density at radius 2 is 1.59 bits per heavy atom. The molecule has 0 fully saturated rings. The zero-order chi connectivity index (χ0) is 15.2. The van der Waals surface area contributed by atoms with E-state index >= 15 is 0 Å². The molecule has 0 heterocycles. The molecule has 0 unspecified atom stereocenters. The molecule has 0 aliphatic heterocycles. The summed E-state index contributed by atoms with van der Waals surface area (Å²) in [6.45, 7) is 0.456. The highest BCUT2D eigenvalue weighted by molar-refractivity contribution is 5.94. The van der Waals surface area contributed by atoms with Gasteiger partial charge in [-0.25, -0.2) is 0 Å². The van der Waals surface area contributed by atoms with E-state index in [1.807, 2.05) is 72.8 Å². The van der Waals surface area contributed by atoms with E-state index in [4.69, 9.17) is 4.74 Å². The Morgan fingerprint density at radius 3 is 2.45 bits per heavy atom. The number of nitrogens with one attached hydrogen (secondary N) is 1. The van der Waals surface area contributed by atoms with Crippen molar-refractivity contribution < 1.29 is 9.53 Å². The molecule has 3 rings (SSSR count). The molecule has 0 amide bonds. The number of anilines is 1. The average Bonchev–Trinajstić information content (AvgIpc) is 2.59. The van der Waals surface area contributed by atoms with Gasteiger partial charge in [0.15, 0.2) is 0 Å². The molecule has 0 aromatic heterocycles. The molecule has 0 bridgehead atoms. The number of fused-ring (bicyclic) bond motifs is 1. The summed E-state index contributed by atoms with van der Waals surface area (Å²) in [7, 11) is 0. The monoisotopic (exact) mass is 291 g/mol. The van der Waals surface area contributed by atoms with E-state index in [0.717, 1.165) is 22.0 Å². The van der Waals surface area contributed by atoms with Crippen LogP contribution < -0.4 is 5.32 Å². The predicted molar refractivity (Wildman–Crippen MR) is 88.7 cm³/mol. The fraction of sp³-hybridized carbons (Fsp3) is 0.105. The lowest BCUT2D eigenvalue weighted by Crippen LogP contribution is -2.16. The van der Waals surface area contributed by atoms with Gasteiger partial charge in [0, 0.05) is 11.1 Å². The Hall–Kier alpha value is -2.81. The minimum atomic E-state index is -0.267. The summed E-state index contributed by atoms with van der Waals surface area (Å²) in [5.41, 5.74) is 1.93. The summed E-state index contributed by atoms with van der Waals surface area (Å²) in [5.74, 6) is -0.267. The highest BCUT2D eigenvalue weighted by atomic mass is 16.5. The van der Waals surface area contributed by atoms with Crippen LogP contribution >= 0.6 is 0 Å². The second kappa shape index (κ2) is 6.76. The van der Waals surface area contributed by atoms with Gasteiger partial charge in [0.2, 0.25) is 0 Å². The number of ether oxygens (including phenoxy) is 1. The summed E-state index contributed by atoms with van der Waals surface area (Å²) < 4.78 is 5.26. The molecule has 0 spiro atoms. The minimum absolute atomic E-state index is 0.154. The van der Waals surface area contributed by atoms with E-state index in [0.29, 0.717) is 6.61 Å². The quantitative estimate of drug-likeness (QED) is 0.722. The molecule has 22 heavy (non-hydrogen) atoms. The van der Waals surface area contributed by atoms with Crippen molar-refractivity contribution in [1.29, 1.82) is 0 Å². The highest BCUT2D eigenvalue weighted by Gasteiger charge is 2.05. The largest absolute Gasteiger partial charge is 0.460 e. The van der Waals surface area contributed by atoms with Crippen LogP contribution in [0.1, 0.15) is 5.56 Å². The van der Waals surface area contributed by atoms with Gasteiger partial charge in [-0.15, -0.1) is 0 Å². The molecule has 3 heteroatoms. The van der Waals surface area contributed by atoms with Crippen molar-refractivity contribution >= 4 is 22.4 Å². The van der Waals surface area contributed by atoms with Crippen LogP contribution in [0.15, 0.2) is 72.8 Å². The molecule has 3 nitrogen and oxygen atoms in total. The number of benzene rings is 3. The number of hydrogen-bond donors (Lipinski definition) is 1. The maximum atomic E-state index is 11.8. The third-order valence-electron chi connectivity index (χ3n) is 3.46. The fourth-order valence-electron chi connectivity index (χ4n) is 2.34. The Labute approximate surface area is 129 Å². The molecule has 0 aliphatic carbocycles. The molecule has 1 N–H and O–H groups in total. The van der Waals surface area contributed by atoms with E-state index < -0.39 is 0 Å². The number of hydrogen-bond acceptors (Lipinski definition) is 3. The SMILES string of the molecule is O=C(CNc1cccc2ccccc12)OCc1ccccc1. The van der Waals surface area contributed by atoms with Crippen molar-refractivity contribution in [3.63, 3.8) is 0 Å². The van der Waals surface area contributed by atoms with E-state index in [2.05, 4.69) is 5.32 Å². The zero-order valence-electron chi connectivity index (χ0n) is 12.2.